The SMILES string of the molecule is COCCNCc1ccc(OCC2CC2)c(F)c1. The smallest absolute Gasteiger partial charge is 0.165 e. The van der Waals surface area contributed by atoms with Crippen LogP contribution in [0.5, 0.6) is 5.75 Å². The molecule has 0 bridgehead atoms. The van der Waals surface area contributed by atoms with Crippen molar-refractivity contribution in [3.8, 4) is 5.75 Å². The van der Waals surface area contributed by atoms with E-state index in [0.717, 1.165) is 12.1 Å². The summed E-state index contributed by atoms with van der Waals surface area (Å²) in [5, 5.41) is 3.18. The summed E-state index contributed by atoms with van der Waals surface area (Å²) in [5.74, 6) is 0.726. The molecule has 0 saturated heterocycles. The summed E-state index contributed by atoms with van der Waals surface area (Å²) in [4.78, 5) is 0. The largest absolute Gasteiger partial charge is 0.490 e. The van der Waals surface area contributed by atoms with E-state index in [4.69, 9.17) is 9.47 Å². The molecule has 0 aromatic heterocycles. The molecule has 2 rings (SSSR count). The predicted octanol–water partition coefficient (Wildman–Crippen LogP) is 2.35. The van der Waals surface area contributed by atoms with Gasteiger partial charge in [-0.25, -0.2) is 4.39 Å². The molecule has 4 heteroatoms. The van der Waals surface area contributed by atoms with Gasteiger partial charge in [0.2, 0.25) is 0 Å². The monoisotopic (exact) mass is 253 g/mol. The number of benzene rings is 1. The minimum atomic E-state index is -0.276. The number of halogens is 1. The molecule has 1 aromatic rings. The van der Waals surface area contributed by atoms with Gasteiger partial charge in [0.05, 0.1) is 13.2 Å². The number of rotatable bonds is 8. The van der Waals surface area contributed by atoms with Gasteiger partial charge in [-0.2, -0.15) is 0 Å². The molecule has 0 atom stereocenters. The van der Waals surface area contributed by atoms with Crippen LogP contribution in [0.4, 0.5) is 4.39 Å². The van der Waals surface area contributed by atoms with Gasteiger partial charge in [0.25, 0.3) is 0 Å². The quantitative estimate of drug-likeness (QED) is 0.721. The Morgan fingerprint density at radius 3 is 2.89 bits per heavy atom. The Morgan fingerprint density at radius 2 is 2.22 bits per heavy atom. The predicted molar refractivity (Wildman–Crippen MR) is 68.2 cm³/mol. The van der Waals surface area contributed by atoms with E-state index in [1.54, 1.807) is 13.2 Å². The molecule has 0 radical (unpaired) electrons. The number of hydrogen-bond donors (Lipinski definition) is 1. The number of hydrogen-bond acceptors (Lipinski definition) is 3. The summed E-state index contributed by atoms with van der Waals surface area (Å²) in [6.45, 7) is 2.70. The molecule has 1 fully saturated rings. The first kappa shape index (κ1) is 13.3. The van der Waals surface area contributed by atoms with Crippen LogP contribution in [-0.2, 0) is 11.3 Å². The van der Waals surface area contributed by atoms with Crippen molar-refractivity contribution in [2.45, 2.75) is 19.4 Å². The van der Waals surface area contributed by atoms with Crippen LogP contribution in [0, 0.1) is 11.7 Å². The lowest BCUT2D eigenvalue weighted by atomic mass is 10.2. The van der Waals surface area contributed by atoms with E-state index in [2.05, 4.69) is 5.32 Å². The van der Waals surface area contributed by atoms with Crippen molar-refractivity contribution in [2.75, 3.05) is 26.9 Å². The lowest BCUT2D eigenvalue weighted by Crippen LogP contribution is -2.18. The second-order valence-corrected chi connectivity index (χ2v) is 4.69. The van der Waals surface area contributed by atoms with E-state index in [0.29, 0.717) is 31.4 Å². The van der Waals surface area contributed by atoms with Crippen molar-refractivity contribution in [1.29, 1.82) is 0 Å². The Balaban J connectivity index is 1.79. The maximum atomic E-state index is 13.7. The van der Waals surface area contributed by atoms with Gasteiger partial charge in [-0.05, 0) is 36.5 Å². The lowest BCUT2D eigenvalue weighted by Gasteiger charge is -2.09. The Hall–Kier alpha value is -1.13. The molecule has 1 N–H and O–H groups in total. The second-order valence-electron chi connectivity index (χ2n) is 4.69. The molecule has 1 saturated carbocycles. The number of nitrogens with one attached hydrogen (secondary N) is 1. The molecule has 0 aliphatic heterocycles. The van der Waals surface area contributed by atoms with Gasteiger partial charge < -0.3 is 14.8 Å². The van der Waals surface area contributed by atoms with Crippen LogP contribution in [0.1, 0.15) is 18.4 Å². The van der Waals surface area contributed by atoms with Crippen molar-refractivity contribution >= 4 is 0 Å². The summed E-state index contributed by atoms with van der Waals surface area (Å²) in [7, 11) is 1.66. The van der Waals surface area contributed by atoms with Crippen LogP contribution in [0.2, 0.25) is 0 Å². The highest BCUT2D eigenvalue weighted by Gasteiger charge is 2.22. The zero-order valence-corrected chi connectivity index (χ0v) is 10.7. The number of ether oxygens (including phenoxy) is 2. The van der Waals surface area contributed by atoms with Crippen molar-refractivity contribution in [3.63, 3.8) is 0 Å². The first-order valence-electron chi connectivity index (χ1n) is 6.40. The van der Waals surface area contributed by atoms with E-state index in [1.807, 2.05) is 6.07 Å². The van der Waals surface area contributed by atoms with Crippen LogP contribution < -0.4 is 10.1 Å². The van der Waals surface area contributed by atoms with Crippen LogP contribution in [-0.4, -0.2) is 26.9 Å². The van der Waals surface area contributed by atoms with E-state index in [-0.39, 0.29) is 5.82 Å². The fourth-order valence-corrected chi connectivity index (χ4v) is 1.67. The zero-order valence-electron chi connectivity index (χ0n) is 10.7. The first-order valence-corrected chi connectivity index (χ1v) is 6.40. The normalized spacial score (nSPS) is 14.8. The Morgan fingerprint density at radius 1 is 1.39 bits per heavy atom. The molecular weight excluding hydrogens is 233 g/mol. The molecule has 0 amide bonds. The minimum Gasteiger partial charge on any atom is -0.490 e. The maximum absolute atomic E-state index is 13.7. The van der Waals surface area contributed by atoms with Crippen LogP contribution in [0.3, 0.4) is 0 Å². The fraction of sp³-hybridized carbons (Fsp3) is 0.571. The minimum absolute atomic E-state index is 0.276. The molecule has 1 aliphatic carbocycles. The van der Waals surface area contributed by atoms with E-state index >= 15 is 0 Å². The van der Waals surface area contributed by atoms with Crippen molar-refractivity contribution < 1.29 is 13.9 Å². The second kappa shape index (κ2) is 6.71. The Labute approximate surface area is 107 Å². The average Bonchev–Trinajstić information content (AvgIpc) is 3.18. The van der Waals surface area contributed by atoms with Gasteiger partial charge in [-0.3, -0.25) is 0 Å². The zero-order chi connectivity index (χ0) is 12.8. The van der Waals surface area contributed by atoms with Crippen LogP contribution in [0.25, 0.3) is 0 Å². The molecule has 0 spiro atoms. The Bertz CT molecular complexity index is 380. The summed E-state index contributed by atoms with van der Waals surface area (Å²) in [6.07, 6.45) is 2.42. The molecule has 3 nitrogen and oxygen atoms in total. The van der Waals surface area contributed by atoms with Gasteiger partial charge >= 0.3 is 0 Å². The highest BCUT2D eigenvalue weighted by Crippen LogP contribution is 2.30. The average molecular weight is 253 g/mol. The molecule has 0 heterocycles. The third-order valence-electron chi connectivity index (χ3n) is 2.98. The third kappa shape index (κ3) is 4.27. The molecule has 1 aromatic carbocycles. The molecule has 1 aliphatic rings. The van der Waals surface area contributed by atoms with Crippen molar-refractivity contribution in [1.82, 2.24) is 5.32 Å². The standard InChI is InChI=1S/C14H20FNO2/c1-17-7-6-16-9-12-4-5-14(13(15)8-12)18-10-11-2-3-11/h4-5,8,11,16H,2-3,6-7,9-10H2,1H3. The summed E-state index contributed by atoms with van der Waals surface area (Å²) >= 11 is 0. The molecule has 18 heavy (non-hydrogen) atoms. The highest BCUT2D eigenvalue weighted by atomic mass is 19.1. The molecular formula is C14H20FNO2. The topological polar surface area (TPSA) is 30.5 Å². The van der Waals surface area contributed by atoms with Crippen molar-refractivity contribution in [2.24, 2.45) is 5.92 Å². The molecule has 100 valence electrons. The van der Waals surface area contributed by atoms with Gasteiger partial charge in [-0.15, -0.1) is 0 Å². The van der Waals surface area contributed by atoms with Gasteiger partial charge in [0.15, 0.2) is 11.6 Å². The number of methoxy groups -OCH3 is 1. The first-order chi connectivity index (χ1) is 8.79. The summed E-state index contributed by atoms with van der Waals surface area (Å²) in [6, 6.07) is 5.14. The molecule has 0 unspecified atom stereocenters. The van der Waals surface area contributed by atoms with E-state index in [1.165, 1.54) is 18.9 Å². The fourth-order valence-electron chi connectivity index (χ4n) is 1.67. The van der Waals surface area contributed by atoms with Crippen LogP contribution >= 0.6 is 0 Å². The third-order valence-corrected chi connectivity index (χ3v) is 2.98. The highest BCUT2D eigenvalue weighted by molar-refractivity contribution is 5.29. The van der Waals surface area contributed by atoms with Gasteiger partial charge in [-0.1, -0.05) is 6.07 Å². The van der Waals surface area contributed by atoms with Gasteiger partial charge in [0, 0.05) is 20.2 Å². The summed E-state index contributed by atoms with van der Waals surface area (Å²) < 4.78 is 24.1. The van der Waals surface area contributed by atoms with Crippen LogP contribution in [0.15, 0.2) is 18.2 Å². The van der Waals surface area contributed by atoms with Gasteiger partial charge in [0.1, 0.15) is 0 Å². The van der Waals surface area contributed by atoms with Crippen molar-refractivity contribution in [3.05, 3.63) is 29.6 Å². The maximum Gasteiger partial charge on any atom is 0.165 e. The van der Waals surface area contributed by atoms with E-state index < -0.39 is 0 Å². The summed E-state index contributed by atoms with van der Waals surface area (Å²) in [5.41, 5.74) is 0.919. The van der Waals surface area contributed by atoms with E-state index in [9.17, 15) is 4.39 Å². The Kier molecular flexibility index (Phi) is 4.96. The lowest BCUT2D eigenvalue weighted by molar-refractivity contribution is 0.199.